The quantitative estimate of drug-likeness (QED) is 0.324. The average molecular weight is 497 g/mol. The molecule has 0 atom stereocenters. The number of carbonyl (C=O) groups excluding carboxylic acids is 1. The van der Waals surface area contributed by atoms with Crippen molar-refractivity contribution in [1.29, 1.82) is 0 Å². The lowest BCUT2D eigenvalue weighted by molar-refractivity contribution is -0.0509. The van der Waals surface area contributed by atoms with Crippen molar-refractivity contribution in [2.45, 2.75) is 11.9 Å². The molecule has 0 bridgehead atoms. The van der Waals surface area contributed by atoms with Crippen molar-refractivity contribution in [3.8, 4) is 5.75 Å². The minimum atomic E-state index is -6.02. The molecule has 3 rings (SSSR count). The number of carbonyl (C=O) groups is 1. The van der Waals surface area contributed by atoms with Gasteiger partial charge in [0.15, 0.2) is 5.76 Å². The molecule has 6 nitrogen and oxygen atoms in total. The number of hydrogen-bond acceptors (Lipinski definition) is 6. The Labute approximate surface area is 185 Å². The van der Waals surface area contributed by atoms with Crippen LogP contribution < -0.4 is 4.74 Å². The number of benzene rings is 2. The molecule has 0 unspecified atom stereocenters. The molecule has 1 aliphatic rings. The Morgan fingerprint density at radius 2 is 1.77 bits per heavy atom. The van der Waals surface area contributed by atoms with Crippen molar-refractivity contribution in [2.24, 2.45) is 0 Å². The highest BCUT2D eigenvalue weighted by atomic mass is 35.5. The van der Waals surface area contributed by atoms with Crippen LogP contribution in [0.25, 0.3) is 11.3 Å². The van der Waals surface area contributed by atoms with Crippen LogP contribution >= 0.6 is 23.2 Å². The van der Waals surface area contributed by atoms with E-state index in [1.165, 1.54) is 36.4 Å². The van der Waals surface area contributed by atoms with Gasteiger partial charge in [-0.2, -0.15) is 21.6 Å². The maximum absolute atomic E-state index is 13.1. The second kappa shape index (κ2) is 8.60. The van der Waals surface area contributed by atoms with Gasteiger partial charge in [-0.15, -0.1) is 0 Å². The fourth-order valence-corrected chi connectivity index (χ4v) is 3.88. The molecular formula is C19H13Cl2F3O6S. The summed E-state index contributed by atoms with van der Waals surface area (Å²) in [6, 6.07) is 7.89. The number of rotatable bonds is 4. The molecule has 0 N–H and O–H groups in total. The summed E-state index contributed by atoms with van der Waals surface area (Å²) in [5, 5.41) is 0.343. The molecule has 2 aromatic rings. The van der Waals surface area contributed by atoms with Crippen molar-refractivity contribution in [3.05, 3.63) is 63.1 Å². The maximum atomic E-state index is 13.1. The zero-order chi connectivity index (χ0) is 23.0. The number of fused-ring (bicyclic) bond motifs is 1. The van der Waals surface area contributed by atoms with Gasteiger partial charge in [-0.1, -0.05) is 29.3 Å². The van der Waals surface area contributed by atoms with Crippen LogP contribution in [0.4, 0.5) is 13.2 Å². The summed E-state index contributed by atoms with van der Waals surface area (Å²) in [5.41, 5.74) is -5.47. The van der Waals surface area contributed by atoms with Gasteiger partial charge in [0.25, 0.3) is 0 Å². The Bertz CT molecular complexity index is 1180. The first-order valence-corrected chi connectivity index (χ1v) is 10.7. The topological polar surface area (TPSA) is 78.9 Å². The molecule has 1 aliphatic heterocycles. The Balaban J connectivity index is 2.28. The van der Waals surface area contributed by atoms with E-state index in [0.29, 0.717) is 0 Å². The normalized spacial score (nSPS) is 14.4. The number of hydrogen-bond donors (Lipinski definition) is 0. The van der Waals surface area contributed by atoms with E-state index in [1.807, 2.05) is 0 Å². The van der Waals surface area contributed by atoms with Gasteiger partial charge in [-0.05, 0) is 30.3 Å². The van der Waals surface area contributed by atoms with Gasteiger partial charge in [0.1, 0.15) is 5.75 Å². The third-order valence-corrected chi connectivity index (χ3v) is 5.76. The Hall–Kier alpha value is -2.43. The number of alkyl halides is 3. The number of ether oxygens (including phenoxy) is 2. The largest absolute Gasteiger partial charge is 0.534 e. The predicted octanol–water partition coefficient (Wildman–Crippen LogP) is 5.30. The lowest BCUT2D eigenvalue weighted by Gasteiger charge is -2.17. The summed E-state index contributed by atoms with van der Waals surface area (Å²) >= 11 is 12.1. The molecule has 0 radical (unpaired) electrons. The highest BCUT2D eigenvalue weighted by Crippen LogP contribution is 2.43. The molecule has 0 saturated heterocycles. The lowest BCUT2D eigenvalue weighted by atomic mass is 9.98. The zero-order valence-corrected chi connectivity index (χ0v) is 18.0. The van der Waals surface area contributed by atoms with Crippen molar-refractivity contribution in [2.75, 3.05) is 13.7 Å². The second-order valence-corrected chi connectivity index (χ2v) is 8.60. The molecule has 2 aromatic carbocycles. The summed E-state index contributed by atoms with van der Waals surface area (Å²) < 4.78 is 77.6. The van der Waals surface area contributed by atoms with E-state index in [0.717, 1.165) is 7.11 Å². The smallest absolute Gasteiger partial charge is 0.492 e. The fourth-order valence-electron chi connectivity index (χ4n) is 2.86. The molecule has 0 saturated carbocycles. The fraction of sp³-hybridized carbons (Fsp3) is 0.211. The van der Waals surface area contributed by atoms with Crippen LogP contribution in [0.3, 0.4) is 0 Å². The second-order valence-electron chi connectivity index (χ2n) is 6.22. The van der Waals surface area contributed by atoms with Crippen LogP contribution in [0, 0.1) is 0 Å². The van der Waals surface area contributed by atoms with Gasteiger partial charge in [0.05, 0.1) is 24.8 Å². The minimum Gasteiger partial charge on any atom is -0.492 e. The van der Waals surface area contributed by atoms with Crippen LogP contribution in [0.15, 0.2) is 36.4 Å². The van der Waals surface area contributed by atoms with E-state index in [4.69, 9.17) is 27.9 Å². The van der Waals surface area contributed by atoms with E-state index >= 15 is 0 Å². The first-order valence-electron chi connectivity index (χ1n) is 8.49. The standard InChI is InChI=1S/C19H13Cl2F3O6S/c1-28-18(25)10-2-4-14-16(8-10)29-7-6-13(12-5-3-11(20)9-15(12)21)17(14)30-31(26,27)19(22,23)24/h2-5,8-9H,6-7H2,1H3. The number of halogens is 5. The molecule has 0 aliphatic carbocycles. The van der Waals surface area contributed by atoms with Crippen molar-refractivity contribution in [3.63, 3.8) is 0 Å². The van der Waals surface area contributed by atoms with Crippen LogP contribution in [-0.2, 0) is 19.0 Å². The summed E-state index contributed by atoms with van der Waals surface area (Å²) in [5.74, 6) is -1.40. The van der Waals surface area contributed by atoms with E-state index in [-0.39, 0.29) is 51.1 Å². The van der Waals surface area contributed by atoms with Gasteiger partial charge in [-0.3, -0.25) is 0 Å². The highest BCUT2D eigenvalue weighted by molar-refractivity contribution is 7.87. The third-order valence-electron chi connectivity index (χ3n) is 4.26. The molecular weight excluding hydrogens is 484 g/mol. The molecule has 0 spiro atoms. The average Bonchev–Trinajstić information content (AvgIpc) is 2.85. The van der Waals surface area contributed by atoms with Crippen molar-refractivity contribution < 1.29 is 40.0 Å². The maximum Gasteiger partial charge on any atom is 0.534 e. The number of methoxy groups -OCH3 is 1. The van der Waals surface area contributed by atoms with Crippen LogP contribution in [0.5, 0.6) is 5.75 Å². The molecule has 166 valence electrons. The molecule has 0 amide bonds. The zero-order valence-electron chi connectivity index (χ0n) is 15.6. The summed E-state index contributed by atoms with van der Waals surface area (Å²) in [6.45, 7) is -0.0646. The first kappa shape index (κ1) is 23.2. The van der Waals surface area contributed by atoms with Gasteiger partial charge < -0.3 is 13.7 Å². The van der Waals surface area contributed by atoms with Gasteiger partial charge in [-0.25, -0.2) is 4.79 Å². The van der Waals surface area contributed by atoms with E-state index in [2.05, 4.69) is 8.92 Å². The van der Waals surface area contributed by atoms with E-state index in [1.54, 1.807) is 0 Å². The Kier molecular flexibility index (Phi) is 6.45. The molecule has 0 fully saturated rings. The Morgan fingerprint density at radius 3 is 2.39 bits per heavy atom. The summed E-state index contributed by atoms with van der Waals surface area (Å²) in [6.07, 6.45) is -0.0493. The molecule has 31 heavy (non-hydrogen) atoms. The summed E-state index contributed by atoms with van der Waals surface area (Å²) in [7, 11) is -4.87. The SMILES string of the molecule is COC(=O)c1ccc2c(c1)OCCC(c1ccc(Cl)cc1Cl)=C2OS(=O)(=O)C(F)(F)F. The third kappa shape index (κ3) is 4.76. The lowest BCUT2D eigenvalue weighted by Crippen LogP contribution is -2.25. The van der Waals surface area contributed by atoms with E-state index < -0.39 is 27.4 Å². The minimum absolute atomic E-state index is 0.0484. The monoisotopic (exact) mass is 496 g/mol. The van der Waals surface area contributed by atoms with Crippen molar-refractivity contribution in [1.82, 2.24) is 0 Å². The molecule has 12 heteroatoms. The first-order chi connectivity index (χ1) is 14.4. The molecule has 1 heterocycles. The molecule has 0 aromatic heterocycles. The van der Waals surface area contributed by atoms with Crippen LogP contribution in [0.1, 0.15) is 27.9 Å². The van der Waals surface area contributed by atoms with Crippen LogP contribution in [-0.4, -0.2) is 33.6 Å². The summed E-state index contributed by atoms with van der Waals surface area (Å²) in [4.78, 5) is 11.8. The highest BCUT2D eigenvalue weighted by Gasteiger charge is 2.49. The van der Waals surface area contributed by atoms with Gasteiger partial charge in [0, 0.05) is 27.6 Å². The Morgan fingerprint density at radius 1 is 1.10 bits per heavy atom. The van der Waals surface area contributed by atoms with Gasteiger partial charge in [0.2, 0.25) is 0 Å². The predicted molar refractivity (Wildman–Crippen MR) is 107 cm³/mol. The number of esters is 1. The van der Waals surface area contributed by atoms with Crippen LogP contribution in [0.2, 0.25) is 10.0 Å². The van der Waals surface area contributed by atoms with Gasteiger partial charge >= 0.3 is 21.6 Å². The van der Waals surface area contributed by atoms with Crippen molar-refractivity contribution >= 4 is 50.6 Å². The van der Waals surface area contributed by atoms with E-state index in [9.17, 15) is 26.4 Å².